The van der Waals surface area contributed by atoms with Crippen LogP contribution in [-0.4, -0.2) is 84.6 Å². The van der Waals surface area contributed by atoms with Gasteiger partial charge in [0.1, 0.15) is 17.7 Å². The van der Waals surface area contributed by atoms with Crippen LogP contribution in [0, 0.1) is 0 Å². The molecule has 5 rings (SSSR count). The van der Waals surface area contributed by atoms with E-state index >= 15 is 0 Å². The highest BCUT2D eigenvalue weighted by molar-refractivity contribution is 5.92. The summed E-state index contributed by atoms with van der Waals surface area (Å²) < 4.78 is 5.51. The zero-order valence-electron chi connectivity index (χ0n) is 17.1. The van der Waals surface area contributed by atoms with Crippen molar-refractivity contribution in [3.8, 4) is 0 Å². The van der Waals surface area contributed by atoms with Crippen LogP contribution in [0.2, 0.25) is 0 Å². The molecule has 1 N–H and O–H groups in total. The molecule has 7 heteroatoms. The van der Waals surface area contributed by atoms with Gasteiger partial charge in [-0.15, -0.1) is 0 Å². The van der Waals surface area contributed by atoms with Crippen molar-refractivity contribution in [2.24, 2.45) is 0 Å². The van der Waals surface area contributed by atoms with Crippen molar-refractivity contribution in [1.82, 2.24) is 14.9 Å². The third-order valence-electron chi connectivity index (χ3n) is 6.56. The Bertz CT molecular complexity index is 840. The molecule has 1 unspecified atom stereocenters. The topological polar surface area (TPSA) is 65.0 Å². The predicted molar refractivity (Wildman–Crippen MR) is 115 cm³/mol. The molecule has 1 aromatic carbocycles. The number of hydrogen-bond acceptors (Lipinski definition) is 7. The number of nitrogens with zero attached hydrogens (tertiary/aromatic N) is 5. The summed E-state index contributed by atoms with van der Waals surface area (Å²) in [6.07, 6.45) is 5.97. The molecule has 3 fully saturated rings. The number of hydrogen-bond donors (Lipinski definition) is 1. The van der Waals surface area contributed by atoms with Gasteiger partial charge in [-0.25, -0.2) is 9.97 Å². The van der Waals surface area contributed by atoms with Gasteiger partial charge in [-0.2, -0.15) is 0 Å². The minimum Gasteiger partial charge on any atom is -0.386 e. The Kier molecular flexibility index (Phi) is 5.28. The first-order valence-electron chi connectivity index (χ1n) is 11.0. The molecule has 7 nitrogen and oxygen atoms in total. The van der Waals surface area contributed by atoms with Crippen LogP contribution in [-0.2, 0) is 4.74 Å². The first-order valence-corrected chi connectivity index (χ1v) is 11.0. The molecule has 3 aliphatic rings. The lowest BCUT2D eigenvalue weighted by Crippen LogP contribution is -2.54. The van der Waals surface area contributed by atoms with E-state index in [0.717, 1.165) is 75.4 Å². The van der Waals surface area contributed by atoms with Crippen molar-refractivity contribution in [2.75, 3.05) is 68.8 Å². The van der Waals surface area contributed by atoms with Gasteiger partial charge in [-0.05, 0) is 43.9 Å². The lowest BCUT2D eigenvalue weighted by molar-refractivity contribution is -0.100. The lowest BCUT2D eigenvalue weighted by atomic mass is 9.96. The van der Waals surface area contributed by atoms with E-state index in [-0.39, 0.29) is 0 Å². The molecule has 0 radical (unpaired) electrons. The molecule has 29 heavy (non-hydrogen) atoms. The molecule has 1 aromatic heterocycles. The number of fused-ring (bicyclic) bond motifs is 1. The molecule has 3 aliphatic heterocycles. The summed E-state index contributed by atoms with van der Waals surface area (Å²) >= 11 is 0. The quantitative estimate of drug-likeness (QED) is 0.845. The zero-order chi connectivity index (χ0) is 19.7. The standard InChI is InChI=1S/C22H31N5O2/c28-22(6-3-13-29-16-22)15-25-9-11-26(12-10-25)18-4-5-20-19(14-18)21(24-17-23-20)27-7-1-2-8-27/h4-5,14,17,28H,1-3,6-13,15-16H2. The summed E-state index contributed by atoms with van der Waals surface area (Å²) in [6, 6.07) is 6.57. The van der Waals surface area contributed by atoms with Crippen LogP contribution in [0.4, 0.5) is 11.5 Å². The van der Waals surface area contributed by atoms with E-state index in [2.05, 4.69) is 42.9 Å². The van der Waals surface area contributed by atoms with Gasteiger partial charge in [0.25, 0.3) is 0 Å². The summed E-state index contributed by atoms with van der Waals surface area (Å²) in [5, 5.41) is 11.9. The minimum absolute atomic E-state index is 0.469. The Morgan fingerprint density at radius 3 is 2.55 bits per heavy atom. The van der Waals surface area contributed by atoms with Gasteiger partial charge in [0, 0.05) is 63.5 Å². The maximum atomic E-state index is 10.8. The summed E-state index contributed by atoms with van der Waals surface area (Å²) in [5.74, 6) is 1.08. The van der Waals surface area contributed by atoms with E-state index in [9.17, 15) is 5.11 Å². The number of piperazine rings is 1. The molecule has 0 saturated carbocycles. The average Bonchev–Trinajstić information content (AvgIpc) is 3.28. The van der Waals surface area contributed by atoms with Crippen LogP contribution in [0.1, 0.15) is 25.7 Å². The molecular formula is C22H31N5O2. The monoisotopic (exact) mass is 397 g/mol. The van der Waals surface area contributed by atoms with E-state index in [1.165, 1.54) is 18.5 Å². The number of benzene rings is 1. The molecule has 3 saturated heterocycles. The molecule has 4 heterocycles. The lowest BCUT2D eigenvalue weighted by Gasteiger charge is -2.41. The van der Waals surface area contributed by atoms with Crippen LogP contribution >= 0.6 is 0 Å². The molecule has 0 spiro atoms. The molecule has 2 aromatic rings. The summed E-state index contributed by atoms with van der Waals surface area (Å²) in [4.78, 5) is 16.3. The SMILES string of the molecule is OC1(CN2CCN(c3ccc4ncnc(N5CCCC5)c4c3)CC2)CCCOC1. The molecule has 0 aliphatic carbocycles. The van der Waals surface area contributed by atoms with Crippen LogP contribution in [0.3, 0.4) is 0 Å². The highest BCUT2D eigenvalue weighted by Gasteiger charge is 2.33. The molecular weight excluding hydrogens is 366 g/mol. The fourth-order valence-corrected chi connectivity index (χ4v) is 4.95. The maximum Gasteiger partial charge on any atom is 0.139 e. The third kappa shape index (κ3) is 4.04. The Morgan fingerprint density at radius 2 is 1.79 bits per heavy atom. The van der Waals surface area contributed by atoms with Gasteiger partial charge in [0.05, 0.1) is 12.1 Å². The maximum absolute atomic E-state index is 10.8. The summed E-state index contributed by atoms with van der Waals surface area (Å²) in [7, 11) is 0. The van der Waals surface area contributed by atoms with Gasteiger partial charge in [0.15, 0.2) is 0 Å². The summed E-state index contributed by atoms with van der Waals surface area (Å²) in [6.45, 7) is 7.99. The smallest absolute Gasteiger partial charge is 0.139 e. The van der Waals surface area contributed by atoms with Crippen molar-refractivity contribution in [2.45, 2.75) is 31.3 Å². The van der Waals surface area contributed by atoms with Crippen LogP contribution in [0.15, 0.2) is 24.5 Å². The minimum atomic E-state index is -0.675. The van der Waals surface area contributed by atoms with Crippen molar-refractivity contribution in [3.05, 3.63) is 24.5 Å². The number of aliphatic hydroxyl groups is 1. The first kappa shape index (κ1) is 19.0. The number of β-amino-alcohol motifs (C(OH)–C–C–N with tert-alkyl or cyclic N) is 1. The second-order valence-corrected chi connectivity index (χ2v) is 8.74. The van der Waals surface area contributed by atoms with Gasteiger partial charge >= 0.3 is 0 Å². The predicted octanol–water partition coefficient (Wildman–Crippen LogP) is 1.89. The number of aromatic nitrogens is 2. The highest BCUT2D eigenvalue weighted by atomic mass is 16.5. The van der Waals surface area contributed by atoms with Crippen molar-refractivity contribution < 1.29 is 9.84 Å². The van der Waals surface area contributed by atoms with Gasteiger partial charge in [-0.1, -0.05) is 0 Å². The summed E-state index contributed by atoms with van der Waals surface area (Å²) in [5.41, 5.74) is 1.58. The normalized spacial score (nSPS) is 26.4. The largest absolute Gasteiger partial charge is 0.386 e. The fraction of sp³-hybridized carbons (Fsp3) is 0.636. The second kappa shape index (κ2) is 8.05. The Morgan fingerprint density at radius 1 is 0.966 bits per heavy atom. The number of rotatable bonds is 4. The van der Waals surface area contributed by atoms with E-state index < -0.39 is 5.60 Å². The van der Waals surface area contributed by atoms with Gasteiger partial charge < -0.3 is 19.6 Å². The van der Waals surface area contributed by atoms with E-state index in [1.54, 1.807) is 6.33 Å². The van der Waals surface area contributed by atoms with Crippen molar-refractivity contribution >= 4 is 22.4 Å². The number of ether oxygens (including phenoxy) is 1. The Hall–Kier alpha value is -1.96. The van der Waals surface area contributed by atoms with Crippen LogP contribution in [0.25, 0.3) is 10.9 Å². The van der Waals surface area contributed by atoms with Gasteiger partial charge in [0.2, 0.25) is 0 Å². The van der Waals surface area contributed by atoms with E-state index in [4.69, 9.17) is 4.74 Å². The molecule has 1 atom stereocenters. The third-order valence-corrected chi connectivity index (χ3v) is 6.56. The number of anilines is 2. The first-order chi connectivity index (χ1) is 14.2. The van der Waals surface area contributed by atoms with Crippen molar-refractivity contribution in [1.29, 1.82) is 0 Å². The molecule has 0 bridgehead atoms. The molecule has 0 amide bonds. The fourth-order valence-electron chi connectivity index (χ4n) is 4.95. The van der Waals surface area contributed by atoms with Crippen molar-refractivity contribution in [3.63, 3.8) is 0 Å². The Balaban J connectivity index is 1.28. The van der Waals surface area contributed by atoms with Gasteiger partial charge in [-0.3, -0.25) is 4.90 Å². The van der Waals surface area contributed by atoms with E-state index in [1.807, 2.05) is 0 Å². The van der Waals surface area contributed by atoms with Crippen LogP contribution in [0.5, 0.6) is 0 Å². The zero-order valence-corrected chi connectivity index (χ0v) is 17.1. The highest BCUT2D eigenvalue weighted by Crippen LogP contribution is 2.30. The molecule has 156 valence electrons. The van der Waals surface area contributed by atoms with Crippen LogP contribution < -0.4 is 9.80 Å². The average molecular weight is 398 g/mol. The van der Waals surface area contributed by atoms with E-state index in [0.29, 0.717) is 13.2 Å². The Labute approximate surface area is 172 Å². The second-order valence-electron chi connectivity index (χ2n) is 8.74.